The zero-order valence-electron chi connectivity index (χ0n) is 25.6. The van der Waals surface area contributed by atoms with Gasteiger partial charge >= 0.3 is 0 Å². The number of nitrogens with one attached hydrogen (secondary N) is 1. The molecule has 0 aliphatic heterocycles. The van der Waals surface area contributed by atoms with Crippen molar-refractivity contribution in [2.24, 2.45) is 0 Å². The van der Waals surface area contributed by atoms with Crippen molar-refractivity contribution >= 4 is 0 Å². The van der Waals surface area contributed by atoms with E-state index in [4.69, 9.17) is 14.5 Å². The maximum atomic E-state index is 7.03. The average molecular weight is 480 g/mol. The molecule has 0 rings (SSSR count). The van der Waals surface area contributed by atoms with E-state index >= 15 is 0 Å². The van der Waals surface area contributed by atoms with Crippen molar-refractivity contribution in [2.75, 3.05) is 83.6 Å². The van der Waals surface area contributed by atoms with Gasteiger partial charge < -0.3 is 5.32 Å². The lowest BCUT2D eigenvalue weighted by Gasteiger charge is -2.56. The van der Waals surface area contributed by atoms with Crippen LogP contribution in [0.2, 0.25) is 0 Å². The molecule has 0 saturated heterocycles. The van der Waals surface area contributed by atoms with Crippen molar-refractivity contribution in [3.05, 3.63) is 0 Å². The van der Waals surface area contributed by atoms with Crippen LogP contribution in [0.1, 0.15) is 61.8 Å². The van der Waals surface area contributed by atoms with Crippen LogP contribution < -0.4 is 5.32 Å². The summed E-state index contributed by atoms with van der Waals surface area (Å²) in [7, 11) is 20.9. The van der Waals surface area contributed by atoms with Crippen molar-refractivity contribution in [3.63, 3.8) is 0 Å². The molecular weight excluding hydrogens is 418 g/mol. The zero-order chi connectivity index (χ0) is 26.9. The molecule has 8 heteroatoms. The SMILES string of the molecule is CNCCC[N+](C)(OC(C)(C)[N+](C)(C)C)C(C)(C)C(C)(C)O[N+](C)(C)C(C)(C)O[N+](C)(C)C. The number of hydroxylamine groups is 9. The van der Waals surface area contributed by atoms with E-state index in [9.17, 15) is 0 Å². The second-order valence-electron chi connectivity index (χ2n) is 13.8. The fourth-order valence-corrected chi connectivity index (χ4v) is 3.74. The Hall–Kier alpha value is -0.320. The minimum absolute atomic E-state index is 0.244. The lowest BCUT2D eigenvalue weighted by Crippen LogP contribution is -2.75. The summed E-state index contributed by atoms with van der Waals surface area (Å²) in [5.74, 6) is 0. The Morgan fingerprint density at radius 2 is 1.09 bits per heavy atom. The van der Waals surface area contributed by atoms with Gasteiger partial charge in [-0.15, -0.1) is 9.68 Å². The van der Waals surface area contributed by atoms with E-state index < -0.39 is 22.6 Å². The molecule has 0 aliphatic carbocycles. The van der Waals surface area contributed by atoms with Crippen LogP contribution in [0.25, 0.3) is 0 Å². The topological polar surface area (TPSA) is 39.7 Å². The predicted octanol–water partition coefficient (Wildman–Crippen LogP) is 3.36. The predicted molar refractivity (Wildman–Crippen MR) is 137 cm³/mol. The Bertz CT molecular complexity index is 631. The van der Waals surface area contributed by atoms with Crippen molar-refractivity contribution in [1.82, 2.24) is 5.32 Å². The quantitative estimate of drug-likeness (QED) is 0.179. The van der Waals surface area contributed by atoms with Gasteiger partial charge in [0.15, 0.2) is 11.1 Å². The minimum atomic E-state index is -0.580. The Balaban J connectivity index is 6.30. The normalized spacial score (nSPS) is 17.3. The van der Waals surface area contributed by atoms with E-state index in [0.717, 1.165) is 19.5 Å². The zero-order valence-corrected chi connectivity index (χ0v) is 25.6. The Labute approximate surface area is 206 Å². The first-order valence-corrected chi connectivity index (χ1v) is 12.3. The van der Waals surface area contributed by atoms with Crippen LogP contribution in [0.3, 0.4) is 0 Å². The molecule has 0 bridgehead atoms. The number of hydrogen-bond acceptors (Lipinski definition) is 4. The van der Waals surface area contributed by atoms with Gasteiger partial charge in [0.25, 0.3) is 5.72 Å². The van der Waals surface area contributed by atoms with Gasteiger partial charge in [-0.25, -0.2) is 0 Å². The molecule has 0 aromatic rings. The standard InChI is InChI=1S/C25H61N5O3/c1-22(2,23(3,4)31-29(16,17)25(7,8)32-28(13,14)15)30(18,21-19-20-26-9)33-24(5,6)27(10,11)12/h26H,19-21H2,1-18H3/q+4. The minimum Gasteiger partial charge on any atom is -0.320 e. The number of likely N-dealkylation sites (N-methyl/N-ethyl adjacent to an activating group) is 1. The highest BCUT2D eigenvalue weighted by molar-refractivity contribution is 4.89. The van der Waals surface area contributed by atoms with Crippen molar-refractivity contribution in [1.29, 1.82) is 0 Å². The van der Waals surface area contributed by atoms with Gasteiger partial charge in [-0.05, 0) is 34.7 Å². The summed E-state index contributed by atoms with van der Waals surface area (Å²) >= 11 is 0. The van der Waals surface area contributed by atoms with E-state index in [1.165, 1.54) is 0 Å². The molecule has 0 aromatic heterocycles. The van der Waals surface area contributed by atoms with Crippen molar-refractivity contribution in [2.45, 2.75) is 84.4 Å². The van der Waals surface area contributed by atoms with Crippen molar-refractivity contribution < 1.29 is 32.9 Å². The van der Waals surface area contributed by atoms with E-state index in [0.29, 0.717) is 13.8 Å². The Kier molecular flexibility index (Phi) is 9.88. The highest BCUT2D eigenvalue weighted by atomic mass is 16.8. The van der Waals surface area contributed by atoms with E-state index in [1.807, 2.05) is 28.2 Å². The molecule has 0 fully saturated rings. The van der Waals surface area contributed by atoms with Gasteiger partial charge in [0.1, 0.15) is 20.6 Å². The molecule has 8 nitrogen and oxygen atoms in total. The number of quaternary nitrogens is 4. The van der Waals surface area contributed by atoms with Gasteiger partial charge in [0, 0.05) is 40.7 Å². The molecular formula is C25H61N5O3+4. The first-order chi connectivity index (χ1) is 14.2. The van der Waals surface area contributed by atoms with E-state index in [-0.39, 0.29) is 4.65 Å². The number of hydrogen-bond donors (Lipinski definition) is 1. The van der Waals surface area contributed by atoms with Gasteiger partial charge in [-0.1, -0.05) is 0 Å². The van der Waals surface area contributed by atoms with E-state index in [2.05, 4.69) is 103 Å². The molecule has 0 aromatic carbocycles. The molecule has 0 heterocycles. The lowest BCUT2D eigenvalue weighted by molar-refractivity contribution is -1.21. The summed E-state index contributed by atoms with van der Waals surface area (Å²) in [5, 5.41) is 3.28. The highest BCUT2D eigenvalue weighted by Gasteiger charge is 2.62. The molecule has 1 N–H and O–H groups in total. The molecule has 0 spiro atoms. The fraction of sp³-hybridized carbons (Fsp3) is 1.00. The smallest absolute Gasteiger partial charge is 0.276 e. The van der Waals surface area contributed by atoms with Crippen molar-refractivity contribution in [3.8, 4) is 0 Å². The van der Waals surface area contributed by atoms with Crippen LogP contribution in [-0.2, 0) is 14.5 Å². The molecule has 0 amide bonds. The monoisotopic (exact) mass is 479 g/mol. The maximum absolute atomic E-state index is 7.03. The van der Waals surface area contributed by atoms with Gasteiger partial charge in [0.2, 0.25) is 5.72 Å². The first kappa shape index (κ1) is 32.7. The average Bonchev–Trinajstić information content (AvgIpc) is 2.49. The molecule has 1 unspecified atom stereocenters. The van der Waals surface area contributed by atoms with Crippen LogP contribution in [0, 0.1) is 0 Å². The van der Waals surface area contributed by atoms with Crippen LogP contribution in [0.5, 0.6) is 0 Å². The van der Waals surface area contributed by atoms with Gasteiger partial charge in [-0.2, -0.15) is 18.8 Å². The summed E-state index contributed by atoms with van der Waals surface area (Å²) in [5.41, 5.74) is -1.94. The van der Waals surface area contributed by atoms with Crippen LogP contribution in [-0.4, -0.2) is 125 Å². The Morgan fingerprint density at radius 3 is 1.45 bits per heavy atom. The van der Waals surface area contributed by atoms with Gasteiger partial charge in [-0.3, -0.25) is 4.48 Å². The van der Waals surface area contributed by atoms with Crippen LogP contribution in [0.4, 0.5) is 0 Å². The highest BCUT2D eigenvalue weighted by Crippen LogP contribution is 2.42. The maximum Gasteiger partial charge on any atom is 0.276 e. The molecule has 200 valence electrons. The molecule has 0 saturated carbocycles. The summed E-state index contributed by atoms with van der Waals surface area (Å²) < 4.78 is 1.74. The number of nitrogens with zero attached hydrogens (tertiary/aromatic N) is 4. The first-order valence-electron chi connectivity index (χ1n) is 12.3. The molecule has 0 radical (unpaired) electrons. The summed E-state index contributed by atoms with van der Waals surface area (Å²) in [6, 6.07) is 0. The molecule has 0 aliphatic rings. The summed E-state index contributed by atoms with van der Waals surface area (Å²) in [6.45, 7) is 19.2. The van der Waals surface area contributed by atoms with E-state index in [1.54, 1.807) is 0 Å². The van der Waals surface area contributed by atoms with Crippen LogP contribution >= 0.6 is 0 Å². The van der Waals surface area contributed by atoms with Crippen LogP contribution in [0.15, 0.2) is 0 Å². The third-order valence-corrected chi connectivity index (χ3v) is 7.96. The summed E-state index contributed by atoms with van der Waals surface area (Å²) in [4.78, 5) is 20.3. The third-order valence-electron chi connectivity index (χ3n) is 7.96. The molecule has 1 atom stereocenters. The van der Waals surface area contributed by atoms with Gasteiger partial charge in [0.05, 0.1) is 49.3 Å². The third kappa shape index (κ3) is 7.84. The molecule has 33 heavy (non-hydrogen) atoms. The second-order valence-corrected chi connectivity index (χ2v) is 13.8. The number of rotatable bonds is 14. The lowest BCUT2D eigenvalue weighted by atomic mass is 9.83. The fourth-order valence-electron chi connectivity index (χ4n) is 3.74. The Morgan fingerprint density at radius 1 is 0.636 bits per heavy atom. The second kappa shape index (κ2) is 9.97. The largest absolute Gasteiger partial charge is 0.320 e. The summed E-state index contributed by atoms with van der Waals surface area (Å²) in [6.07, 6.45) is 0.994.